The van der Waals surface area contributed by atoms with Crippen LogP contribution in [0.3, 0.4) is 0 Å². The Morgan fingerprint density at radius 1 is 1.63 bits per heavy atom. The van der Waals surface area contributed by atoms with Crippen LogP contribution in [0, 0.1) is 0 Å². The van der Waals surface area contributed by atoms with Crippen LogP contribution in [0.15, 0.2) is 15.5 Å². The second-order valence-electron chi connectivity index (χ2n) is 4.71. The highest BCUT2D eigenvalue weighted by Crippen LogP contribution is 2.24. The molecule has 0 spiro atoms. The molecule has 0 unspecified atom stereocenters. The van der Waals surface area contributed by atoms with Crippen LogP contribution in [0.25, 0.3) is 0 Å². The molecule has 6 nitrogen and oxygen atoms in total. The van der Waals surface area contributed by atoms with Crippen molar-refractivity contribution < 1.29 is 4.74 Å². The molecule has 0 amide bonds. The van der Waals surface area contributed by atoms with Crippen molar-refractivity contribution in [1.82, 2.24) is 9.78 Å². The largest absolute Gasteiger partial charge is 0.383 e. The quantitative estimate of drug-likeness (QED) is 0.874. The van der Waals surface area contributed by atoms with Crippen molar-refractivity contribution in [3.05, 3.63) is 21.0 Å². The summed E-state index contributed by atoms with van der Waals surface area (Å²) in [6.45, 7) is 2.60. The highest BCUT2D eigenvalue weighted by Gasteiger charge is 2.20. The van der Waals surface area contributed by atoms with E-state index >= 15 is 0 Å². The molecular formula is C12H19BrN4O2. The van der Waals surface area contributed by atoms with E-state index in [9.17, 15) is 4.79 Å². The molecule has 19 heavy (non-hydrogen) atoms. The van der Waals surface area contributed by atoms with E-state index in [0.717, 1.165) is 31.6 Å². The molecule has 1 atom stereocenters. The molecule has 1 aliphatic rings. The number of piperidine rings is 1. The molecule has 1 aromatic heterocycles. The topological polar surface area (TPSA) is 73.4 Å². The fraction of sp³-hybridized carbons (Fsp3) is 0.667. The first-order valence-electron chi connectivity index (χ1n) is 6.38. The molecule has 1 saturated heterocycles. The van der Waals surface area contributed by atoms with Crippen LogP contribution in [0.4, 0.5) is 5.69 Å². The zero-order valence-corrected chi connectivity index (χ0v) is 12.6. The van der Waals surface area contributed by atoms with Gasteiger partial charge in [-0.1, -0.05) is 0 Å². The summed E-state index contributed by atoms with van der Waals surface area (Å²) in [5.74, 6) is 0. The third kappa shape index (κ3) is 3.34. The van der Waals surface area contributed by atoms with Crippen molar-refractivity contribution in [1.29, 1.82) is 0 Å². The van der Waals surface area contributed by atoms with Gasteiger partial charge in [0, 0.05) is 26.2 Å². The van der Waals surface area contributed by atoms with Gasteiger partial charge in [0.15, 0.2) is 0 Å². The van der Waals surface area contributed by atoms with Gasteiger partial charge in [0.1, 0.15) is 4.47 Å². The molecule has 2 N–H and O–H groups in total. The van der Waals surface area contributed by atoms with E-state index in [4.69, 9.17) is 10.5 Å². The smallest absolute Gasteiger partial charge is 0.283 e. The van der Waals surface area contributed by atoms with Crippen LogP contribution in [-0.2, 0) is 11.3 Å². The molecule has 0 bridgehead atoms. The Hall–Kier alpha value is -0.920. The maximum absolute atomic E-state index is 12.2. The third-order valence-corrected chi connectivity index (χ3v) is 4.02. The van der Waals surface area contributed by atoms with Crippen LogP contribution >= 0.6 is 15.9 Å². The predicted octanol–water partition coefficient (Wildman–Crippen LogP) is 0.580. The summed E-state index contributed by atoms with van der Waals surface area (Å²) in [4.78, 5) is 14.3. The number of rotatable bonds is 4. The number of nitrogens with zero attached hydrogens (tertiary/aromatic N) is 3. The minimum Gasteiger partial charge on any atom is -0.383 e. The van der Waals surface area contributed by atoms with Gasteiger partial charge in [-0.15, -0.1) is 0 Å². The maximum Gasteiger partial charge on any atom is 0.283 e. The molecule has 106 valence electrons. The molecule has 0 radical (unpaired) electrons. The zero-order chi connectivity index (χ0) is 13.8. The van der Waals surface area contributed by atoms with E-state index in [0.29, 0.717) is 17.6 Å². The molecule has 1 aliphatic heterocycles. The second kappa shape index (κ2) is 6.49. The fourth-order valence-corrected chi connectivity index (χ4v) is 2.80. The standard InChI is InChI=1S/C12H19BrN4O2/c1-19-6-5-17-12(18)11(13)10(7-15-17)16-4-2-3-9(14)8-16/h7,9H,2-6,8,14H2,1H3/t9-/m1/s1. The molecule has 0 aliphatic carbocycles. The number of ether oxygens (including phenoxy) is 1. The molecule has 0 aromatic carbocycles. The minimum atomic E-state index is -0.131. The average molecular weight is 331 g/mol. The lowest BCUT2D eigenvalue weighted by Gasteiger charge is -2.32. The van der Waals surface area contributed by atoms with Gasteiger partial charge in [-0.25, -0.2) is 4.68 Å². The van der Waals surface area contributed by atoms with Gasteiger partial charge in [0.05, 0.1) is 25.0 Å². The van der Waals surface area contributed by atoms with Gasteiger partial charge in [0.2, 0.25) is 0 Å². The van der Waals surface area contributed by atoms with E-state index in [1.807, 2.05) is 0 Å². The van der Waals surface area contributed by atoms with Gasteiger partial charge in [-0.05, 0) is 28.8 Å². The van der Waals surface area contributed by atoms with Crippen LogP contribution in [-0.4, -0.2) is 42.6 Å². The van der Waals surface area contributed by atoms with Crippen molar-refractivity contribution in [2.75, 3.05) is 31.7 Å². The Morgan fingerprint density at radius 3 is 3.11 bits per heavy atom. The first-order valence-corrected chi connectivity index (χ1v) is 7.18. The van der Waals surface area contributed by atoms with E-state index in [1.54, 1.807) is 13.3 Å². The van der Waals surface area contributed by atoms with Crippen LogP contribution in [0.5, 0.6) is 0 Å². The van der Waals surface area contributed by atoms with Gasteiger partial charge < -0.3 is 15.4 Å². The molecule has 2 rings (SSSR count). The van der Waals surface area contributed by atoms with Crippen LogP contribution in [0.1, 0.15) is 12.8 Å². The van der Waals surface area contributed by atoms with Crippen molar-refractivity contribution >= 4 is 21.6 Å². The Kier molecular flexibility index (Phi) is 4.95. The van der Waals surface area contributed by atoms with Gasteiger partial charge in [-0.3, -0.25) is 4.79 Å². The molecule has 0 saturated carbocycles. The van der Waals surface area contributed by atoms with Gasteiger partial charge >= 0.3 is 0 Å². The number of aromatic nitrogens is 2. The SMILES string of the molecule is COCCn1ncc(N2CCC[C@@H](N)C2)c(Br)c1=O. The van der Waals surface area contributed by atoms with Gasteiger partial charge in [0.25, 0.3) is 5.56 Å². The normalized spacial score (nSPS) is 19.7. The number of nitrogens with two attached hydrogens (primary N) is 1. The van der Waals surface area contributed by atoms with Crippen molar-refractivity contribution in [2.24, 2.45) is 5.73 Å². The molecule has 2 heterocycles. The summed E-state index contributed by atoms with van der Waals surface area (Å²) in [6, 6.07) is 0.163. The van der Waals surface area contributed by atoms with Gasteiger partial charge in [-0.2, -0.15) is 5.10 Å². The van der Waals surface area contributed by atoms with Crippen LogP contribution in [0.2, 0.25) is 0 Å². The molecule has 7 heteroatoms. The van der Waals surface area contributed by atoms with Crippen LogP contribution < -0.4 is 16.2 Å². The number of hydrogen-bond donors (Lipinski definition) is 1. The summed E-state index contributed by atoms with van der Waals surface area (Å²) in [6.07, 6.45) is 3.80. The average Bonchev–Trinajstić information content (AvgIpc) is 2.40. The Balaban J connectivity index is 2.22. The summed E-state index contributed by atoms with van der Waals surface area (Å²) in [7, 11) is 1.60. The summed E-state index contributed by atoms with van der Waals surface area (Å²) >= 11 is 3.38. The predicted molar refractivity (Wildman–Crippen MR) is 77.5 cm³/mol. The molecule has 1 fully saturated rings. The second-order valence-corrected chi connectivity index (χ2v) is 5.51. The molecular weight excluding hydrogens is 312 g/mol. The lowest BCUT2D eigenvalue weighted by atomic mass is 10.1. The lowest BCUT2D eigenvalue weighted by Crippen LogP contribution is -2.43. The Bertz CT molecular complexity index is 491. The third-order valence-electron chi connectivity index (χ3n) is 3.27. The van der Waals surface area contributed by atoms with E-state index < -0.39 is 0 Å². The number of methoxy groups -OCH3 is 1. The Morgan fingerprint density at radius 2 is 2.42 bits per heavy atom. The van der Waals surface area contributed by atoms with Crippen molar-refractivity contribution in [3.63, 3.8) is 0 Å². The number of hydrogen-bond acceptors (Lipinski definition) is 5. The highest BCUT2D eigenvalue weighted by molar-refractivity contribution is 9.10. The van der Waals surface area contributed by atoms with E-state index in [1.165, 1.54) is 4.68 Å². The van der Waals surface area contributed by atoms with Crippen molar-refractivity contribution in [2.45, 2.75) is 25.4 Å². The zero-order valence-electron chi connectivity index (χ0n) is 11.0. The first-order chi connectivity index (χ1) is 9.13. The van der Waals surface area contributed by atoms with E-state index in [2.05, 4.69) is 25.9 Å². The monoisotopic (exact) mass is 330 g/mol. The summed E-state index contributed by atoms with van der Waals surface area (Å²) in [5, 5.41) is 4.19. The maximum atomic E-state index is 12.2. The molecule has 1 aromatic rings. The number of anilines is 1. The first kappa shape index (κ1) is 14.5. The fourth-order valence-electron chi connectivity index (χ4n) is 2.24. The minimum absolute atomic E-state index is 0.131. The Labute approximate surface area is 120 Å². The van der Waals surface area contributed by atoms with E-state index in [-0.39, 0.29) is 11.6 Å². The summed E-state index contributed by atoms with van der Waals surface area (Å²) < 4.78 is 6.91. The number of halogens is 1. The highest BCUT2D eigenvalue weighted by atomic mass is 79.9. The summed E-state index contributed by atoms with van der Waals surface area (Å²) in [5.41, 5.74) is 6.67. The lowest BCUT2D eigenvalue weighted by molar-refractivity contribution is 0.181. The van der Waals surface area contributed by atoms with Crippen molar-refractivity contribution in [3.8, 4) is 0 Å².